The predicted octanol–water partition coefficient (Wildman–Crippen LogP) is 4.37. The van der Waals surface area contributed by atoms with Crippen LogP contribution in [0, 0.1) is 0 Å². The van der Waals surface area contributed by atoms with Gasteiger partial charge < -0.3 is 5.32 Å². The maximum absolute atomic E-state index is 13.2. The summed E-state index contributed by atoms with van der Waals surface area (Å²) in [4.78, 5) is 17.9. The van der Waals surface area contributed by atoms with Gasteiger partial charge in [-0.25, -0.2) is 9.67 Å². The summed E-state index contributed by atoms with van der Waals surface area (Å²) in [5, 5.41) is 15.3. The van der Waals surface area contributed by atoms with Crippen LogP contribution in [0.15, 0.2) is 85.2 Å². The summed E-state index contributed by atoms with van der Waals surface area (Å²) in [6.07, 6.45) is 1.94. The molecule has 5 aromatic rings. The summed E-state index contributed by atoms with van der Waals surface area (Å²) in [5.41, 5.74) is 3.66. The minimum absolute atomic E-state index is 0.183. The van der Waals surface area contributed by atoms with Crippen molar-refractivity contribution in [3.8, 4) is 10.6 Å². The van der Waals surface area contributed by atoms with Crippen molar-refractivity contribution in [2.24, 2.45) is 0 Å². The lowest BCUT2D eigenvalue weighted by atomic mass is 10.1. The first-order valence-corrected chi connectivity index (χ1v) is 10.6. The third-order valence-corrected chi connectivity index (χ3v) is 6.02. The highest BCUT2D eigenvalue weighted by atomic mass is 32.1. The van der Waals surface area contributed by atoms with Gasteiger partial charge in [0.2, 0.25) is 5.91 Å². The second kappa shape index (κ2) is 8.45. The Labute approximate surface area is 182 Å². The molecule has 5 rings (SSSR count). The highest BCUT2D eigenvalue weighted by molar-refractivity contribution is 7.21. The lowest BCUT2D eigenvalue weighted by Crippen LogP contribution is -2.28. The molecule has 0 aliphatic carbocycles. The van der Waals surface area contributed by atoms with E-state index in [0.29, 0.717) is 12.1 Å². The zero-order valence-electron chi connectivity index (χ0n) is 16.4. The number of carbonyl (C=O) groups is 1. The van der Waals surface area contributed by atoms with Crippen LogP contribution in [0.5, 0.6) is 0 Å². The van der Waals surface area contributed by atoms with Crippen LogP contribution in [0.3, 0.4) is 0 Å². The summed E-state index contributed by atoms with van der Waals surface area (Å²) in [5.74, 6) is -0.183. The second-order valence-corrected chi connectivity index (χ2v) is 8.08. The molecule has 1 N–H and O–H groups in total. The van der Waals surface area contributed by atoms with Gasteiger partial charge in [0.05, 0.1) is 10.2 Å². The molecule has 8 heteroatoms. The first-order chi connectivity index (χ1) is 15.3. The Hall–Kier alpha value is -3.91. The maximum Gasteiger partial charge on any atom is 0.249 e. The van der Waals surface area contributed by atoms with Gasteiger partial charge in [-0.15, -0.1) is 16.4 Å². The molecule has 0 bridgehead atoms. The zero-order chi connectivity index (χ0) is 21.0. The van der Waals surface area contributed by atoms with E-state index in [0.717, 1.165) is 26.4 Å². The highest BCUT2D eigenvalue weighted by Crippen LogP contribution is 2.31. The lowest BCUT2D eigenvalue weighted by molar-refractivity contribution is -0.119. The third kappa shape index (κ3) is 4.19. The Kier molecular flexibility index (Phi) is 5.20. The molecular formula is C23H18N6OS. The largest absolute Gasteiger partial charge is 0.324 e. The number of hydrogen-bond donors (Lipinski definition) is 1. The van der Waals surface area contributed by atoms with Gasteiger partial charge in [0.1, 0.15) is 17.4 Å². The normalized spacial score (nSPS) is 12.0. The fourth-order valence-electron chi connectivity index (χ4n) is 3.41. The van der Waals surface area contributed by atoms with E-state index in [1.54, 1.807) is 11.3 Å². The molecule has 0 aliphatic heterocycles. The van der Waals surface area contributed by atoms with Gasteiger partial charge in [-0.3, -0.25) is 4.79 Å². The van der Waals surface area contributed by atoms with E-state index < -0.39 is 6.04 Å². The molecule has 0 saturated carbocycles. The third-order valence-electron chi connectivity index (χ3n) is 4.93. The maximum atomic E-state index is 13.2. The van der Waals surface area contributed by atoms with E-state index in [2.05, 4.69) is 26.9 Å². The molecule has 0 fully saturated rings. The van der Waals surface area contributed by atoms with E-state index in [1.807, 2.05) is 72.8 Å². The van der Waals surface area contributed by atoms with Crippen LogP contribution in [0.4, 0.5) is 5.69 Å². The standard InChI is InChI=1S/C23H18N6OS/c30-22(20(29-15-24-27-28-29)13-16-7-2-1-3-8-16)25-18-10-6-9-17(14-18)23-26-19-11-4-5-12-21(19)31-23/h1-12,14-15,20H,13H2,(H,25,30)/t20-/m1/s1. The van der Waals surface area contributed by atoms with Gasteiger partial charge in [0.25, 0.3) is 0 Å². The number of tetrazole rings is 1. The first kappa shape index (κ1) is 19.1. The topological polar surface area (TPSA) is 85.6 Å². The van der Waals surface area contributed by atoms with Gasteiger partial charge >= 0.3 is 0 Å². The average molecular weight is 427 g/mol. The van der Waals surface area contributed by atoms with Crippen LogP contribution < -0.4 is 5.32 Å². The summed E-state index contributed by atoms with van der Waals surface area (Å²) in [6.45, 7) is 0. The Morgan fingerprint density at radius 3 is 2.65 bits per heavy atom. The van der Waals surface area contributed by atoms with Crippen molar-refractivity contribution in [2.75, 3.05) is 5.32 Å². The van der Waals surface area contributed by atoms with Crippen LogP contribution in [0.1, 0.15) is 11.6 Å². The Bertz CT molecular complexity index is 1280. The fourth-order valence-corrected chi connectivity index (χ4v) is 4.37. The predicted molar refractivity (Wildman–Crippen MR) is 121 cm³/mol. The van der Waals surface area contributed by atoms with Crippen molar-refractivity contribution in [1.82, 2.24) is 25.2 Å². The molecule has 0 unspecified atom stereocenters. The van der Waals surface area contributed by atoms with E-state index in [1.165, 1.54) is 11.0 Å². The van der Waals surface area contributed by atoms with Crippen molar-refractivity contribution >= 4 is 33.1 Å². The molecule has 2 aromatic heterocycles. The number of para-hydroxylation sites is 1. The Morgan fingerprint density at radius 2 is 1.84 bits per heavy atom. The highest BCUT2D eigenvalue weighted by Gasteiger charge is 2.22. The van der Waals surface area contributed by atoms with E-state index in [-0.39, 0.29) is 5.91 Å². The Balaban J connectivity index is 1.40. The molecule has 0 spiro atoms. The molecule has 152 valence electrons. The summed E-state index contributed by atoms with van der Waals surface area (Å²) < 4.78 is 2.62. The first-order valence-electron chi connectivity index (χ1n) is 9.79. The molecule has 31 heavy (non-hydrogen) atoms. The zero-order valence-corrected chi connectivity index (χ0v) is 17.2. The molecule has 1 amide bonds. The molecule has 7 nitrogen and oxygen atoms in total. The monoisotopic (exact) mass is 426 g/mol. The molecule has 3 aromatic carbocycles. The van der Waals surface area contributed by atoms with Crippen molar-refractivity contribution < 1.29 is 4.79 Å². The number of amides is 1. The molecule has 2 heterocycles. The average Bonchev–Trinajstić information content (AvgIpc) is 3.48. The number of nitrogens with zero attached hydrogens (tertiary/aromatic N) is 5. The molecule has 1 atom stereocenters. The van der Waals surface area contributed by atoms with Crippen LogP contribution in [0.25, 0.3) is 20.8 Å². The van der Waals surface area contributed by atoms with Crippen LogP contribution in [0.2, 0.25) is 0 Å². The SMILES string of the molecule is O=C(Nc1cccc(-c2nc3ccccc3s2)c1)[C@@H](Cc1ccccc1)n1cnnn1. The van der Waals surface area contributed by atoms with Crippen molar-refractivity contribution in [3.05, 3.63) is 90.8 Å². The quantitative estimate of drug-likeness (QED) is 0.436. The van der Waals surface area contributed by atoms with Crippen molar-refractivity contribution in [2.45, 2.75) is 12.5 Å². The minimum Gasteiger partial charge on any atom is -0.324 e. The minimum atomic E-state index is -0.566. The molecule has 0 saturated heterocycles. The van der Waals surface area contributed by atoms with Crippen LogP contribution in [-0.4, -0.2) is 31.1 Å². The lowest BCUT2D eigenvalue weighted by Gasteiger charge is -2.16. The Morgan fingerprint density at radius 1 is 1.00 bits per heavy atom. The number of nitrogens with one attached hydrogen (secondary N) is 1. The number of benzene rings is 3. The summed E-state index contributed by atoms with van der Waals surface area (Å²) in [6, 6.07) is 25.0. The van der Waals surface area contributed by atoms with Gasteiger partial charge in [0.15, 0.2) is 0 Å². The van der Waals surface area contributed by atoms with Gasteiger partial charge in [-0.1, -0.05) is 54.6 Å². The molecular weight excluding hydrogens is 408 g/mol. The number of anilines is 1. The number of thiazole rings is 1. The molecule has 0 radical (unpaired) electrons. The van der Waals surface area contributed by atoms with Gasteiger partial charge in [0, 0.05) is 17.7 Å². The second-order valence-electron chi connectivity index (χ2n) is 7.05. The van der Waals surface area contributed by atoms with E-state index in [4.69, 9.17) is 4.98 Å². The fraction of sp³-hybridized carbons (Fsp3) is 0.0870. The number of rotatable bonds is 6. The van der Waals surface area contributed by atoms with E-state index >= 15 is 0 Å². The van der Waals surface area contributed by atoms with Crippen LogP contribution in [-0.2, 0) is 11.2 Å². The smallest absolute Gasteiger partial charge is 0.249 e. The number of fused-ring (bicyclic) bond motifs is 1. The number of hydrogen-bond acceptors (Lipinski definition) is 6. The van der Waals surface area contributed by atoms with E-state index in [9.17, 15) is 4.79 Å². The van der Waals surface area contributed by atoms with Gasteiger partial charge in [-0.2, -0.15) is 0 Å². The number of carbonyl (C=O) groups excluding carboxylic acids is 1. The van der Waals surface area contributed by atoms with Crippen LogP contribution >= 0.6 is 11.3 Å². The summed E-state index contributed by atoms with van der Waals surface area (Å²) in [7, 11) is 0. The summed E-state index contributed by atoms with van der Waals surface area (Å²) >= 11 is 1.63. The van der Waals surface area contributed by atoms with Crippen molar-refractivity contribution in [3.63, 3.8) is 0 Å². The number of aromatic nitrogens is 5. The van der Waals surface area contributed by atoms with Crippen molar-refractivity contribution in [1.29, 1.82) is 0 Å². The van der Waals surface area contributed by atoms with Gasteiger partial charge in [-0.05, 0) is 40.3 Å². The molecule has 0 aliphatic rings.